The van der Waals surface area contributed by atoms with Crippen molar-refractivity contribution in [2.75, 3.05) is 13.2 Å². The largest absolute Gasteiger partial charge is 0.478 e. The number of ether oxygens (including phenoxy) is 1. The van der Waals surface area contributed by atoms with E-state index in [2.05, 4.69) is 4.72 Å². The molecule has 0 aromatic heterocycles. The number of benzene rings is 2. The second-order valence-electron chi connectivity index (χ2n) is 4.74. The van der Waals surface area contributed by atoms with Gasteiger partial charge in [-0.2, -0.15) is 0 Å². The van der Waals surface area contributed by atoms with Crippen LogP contribution in [-0.2, 0) is 21.4 Å². The Kier molecular flexibility index (Phi) is 5.86. The predicted octanol–water partition coefficient (Wildman–Crippen LogP) is 1.88. The molecule has 0 aliphatic rings. The van der Waals surface area contributed by atoms with E-state index in [1.165, 1.54) is 24.3 Å². The molecule has 2 rings (SSSR count). The van der Waals surface area contributed by atoms with Crippen LogP contribution in [0.15, 0.2) is 59.5 Å². The molecule has 122 valence electrons. The smallest absolute Gasteiger partial charge is 0.337 e. The summed E-state index contributed by atoms with van der Waals surface area (Å²) in [5.74, 6) is -1.29. The zero-order valence-electron chi connectivity index (χ0n) is 12.3. The van der Waals surface area contributed by atoms with E-state index >= 15 is 0 Å². The Morgan fingerprint density at radius 2 is 1.70 bits per heavy atom. The summed E-state index contributed by atoms with van der Waals surface area (Å²) in [5.41, 5.74) is 0.733. The molecule has 0 saturated carbocycles. The molecule has 7 heteroatoms. The second-order valence-corrected chi connectivity index (χ2v) is 6.47. The molecule has 0 bridgehead atoms. The van der Waals surface area contributed by atoms with Crippen molar-refractivity contribution in [1.82, 2.24) is 4.72 Å². The summed E-state index contributed by atoms with van der Waals surface area (Å²) in [6.07, 6.45) is 0. The van der Waals surface area contributed by atoms with Crippen molar-refractivity contribution in [2.24, 2.45) is 0 Å². The molecule has 0 atom stereocenters. The Morgan fingerprint density at radius 3 is 2.39 bits per heavy atom. The highest BCUT2D eigenvalue weighted by Gasteiger charge is 2.21. The van der Waals surface area contributed by atoms with Gasteiger partial charge in [0.1, 0.15) is 0 Å². The Morgan fingerprint density at radius 1 is 1.04 bits per heavy atom. The maximum absolute atomic E-state index is 12.2. The van der Waals surface area contributed by atoms with Gasteiger partial charge in [0, 0.05) is 6.54 Å². The molecule has 0 aliphatic carbocycles. The number of carboxylic acids is 1. The zero-order valence-corrected chi connectivity index (χ0v) is 13.1. The maximum Gasteiger partial charge on any atom is 0.337 e. The highest BCUT2D eigenvalue weighted by atomic mass is 32.2. The molecule has 0 spiro atoms. The third kappa shape index (κ3) is 4.88. The van der Waals surface area contributed by atoms with Gasteiger partial charge in [-0.3, -0.25) is 0 Å². The molecule has 0 aliphatic heterocycles. The SMILES string of the molecule is O=C(O)c1ccccc1S(=O)(=O)NCCOCc1ccccc1. The summed E-state index contributed by atoms with van der Waals surface area (Å²) in [5, 5.41) is 9.05. The molecule has 6 nitrogen and oxygen atoms in total. The van der Waals surface area contributed by atoms with Gasteiger partial charge in [0.25, 0.3) is 0 Å². The van der Waals surface area contributed by atoms with E-state index in [0.717, 1.165) is 5.56 Å². The predicted molar refractivity (Wildman–Crippen MR) is 84.7 cm³/mol. The minimum Gasteiger partial charge on any atom is -0.478 e. The lowest BCUT2D eigenvalue weighted by Crippen LogP contribution is -2.28. The number of rotatable bonds is 8. The van der Waals surface area contributed by atoms with E-state index < -0.39 is 16.0 Å². The number of hydrogen-bond acceptors (Lipinski definition) is 4. The third-order valence-electron chi connectivity index (χ3n) is 3.06. The fourth-order valence-electron chi connectivity index (χ4n) is 1.97. The summed E-state index contributed by atoms with van der Waals surface area (Å²) >= 11 is 0. The average Bonchev–Trinajstić information content (AvgIpc) is 2.55. The summed E-state index contributed by atoms with van der Waals surface area (Å²) < 4.78 is 32.0. The van der Waals surface area contributed by atoms with Crippen LogP contribution < -0.4 is 4.72 Å². The van der Waals surface area contributed by atoms with Gasteiger partial charge in [-0.15, -0.1) is 0 Å². The van der Waals surface area contributed by atoms with Crippen molar-refractivity contribution < 1.29 is 23.1 Å². The van der Waals surface area contributed by atoms with Gasteiger partial charge >= 0.3 is 5.97 Å². The first-order valence-corrected chi connectivity index (χ1v) is 8.42. The highest BCUT2D eigenvalue weighted by molar-refractivity contribution is 7.89. The van der Waals surface area contributed by atoms with E-state index in [1.54, 1.807) is 0 Å². The Hall–Kier alpha value is -2.22. The lowest BCUT2D eigenvalue weighted by Gasteiger charge is -2.09. The van der Waals surface area contributed by atoms with Crippen LogP contribution in [0.25, 0.3) is 0 Å². The fraction of sp³-hybridized carbons (Fsp3) is 0.188. The van der Waals surface area contributed by atoms with Crippen LogP contribution in [0.5, 0.6) is 0 Å². The van der Waals surface area contributed by atoms with Gasteiger partial charge in [-0.1, -0.05) is 42.5 Å². The van der Waals surface area contributed by atoms with Crippen molar-refractivity contribution >= 4 is 16.0 Å². The van der Waals surface area contributed by atoms with Crippen molar-refractivity contribution in [3.8, 4) is 0 Å². The van der Waals surface area contributed by atoms with E-state index in [9.17, 15) is 13.2 Å². The number of sulfonamides is 1. The van der Waals surface area contributed by atoms with Crippen LogP contribution in [0.2, 0.25) is 0 Å². The van der Waals surface area contributed by atoms with E-state index in [0.29, 0.717) is 6.61 Å². The van der Waals surface area contributed by atoms with Crippen molar-refractivity contribution in [1.29, 1.82) is 0 Å². The molecular formula is C16H17NO5S. The summed E-state index contributed by atoms with van der Waals surface area (Å²) in [7, 11) is -3.89. The molecule has 0 saturated heterocycles. The van der Waals surface area contributed by atoms with Crippen molar-refractivity contribution in [3.63, 3.8) is 0 Å². The first kappa shape index (κ1) is 17.1. The number of carbonyl (C=O) groups is 1. The topological polar surface area (TPSA) is 92.7 Å². The van der Waals surface area contributed by atoms with Crippen LogP contribution in [0.1, 0.15) is 15.9 Å². The molecule has 23 heavy (non-hydrogen) atoms. The minimum atomic E-state index is -3.89. The van der Waals surface area contributed by atoms with Crippen LogP contribution in [0.3, 0.4) is 0 Å². The molecule has 0 unspecified atom stereocenters. The average molecular weight is 335 g/mol. The Labute approximate surface area is 134 Å². The van der Waals surface area contributed by atoms with Gasteiger partial charge in [0.2, 0.25) is 10.0 Å². The lowest BCUT2D eigenvalue weighted by molar-refractivity contribution is 0.0692. The molecule has 2 N–H and O–H groups in total. The molecule has 2 aromatic carbocycles. The minimum absolute atomic E-state index is 0.0587. The number of hydrogen-bond donors (Lipinski definition) is 2. The van der Waals surface area contributed by atoms with Crippen LogP contribution in [0, 0.1) is 0 Å². The second kappa shape index (κ2) is 7.87. The normalized spacial score (nSPS) is 11.3. The highest BCUT2D eigenvalue weighted by Crippen LogP contribution is 2.14. The van der Waals surface area contributed by atoms with E-state index in [1.807, 2.05) is 30.3 Å². The summed E-state index contributed by atoms with van der Waals surface area (Å²) in [4.78, 5) is 10.8. The van der Waals surface area contributed by atoms with E-state index in [4.69, 9.17) is 9.84 Å². The lowest BCUT2D eigenvalue weighted by atomic mass is 10.2. The zero-order chi connectivity index (χ0) is 16.7. The number of aromatic carboxylic acids is 1. The summed E-state index contributed by atoms with van der Waals surface area (Å²) in [6, 6.07) is 15.0. The van der Waals surface area contributed by atoms with Crippen LogP contribution in [0.4, 0.5) is 0 Å². The molecular weight excluding hydrogens is 318 g/mol. The summed E-state index contributed by atoms with van der Waals surface area (Å²) in [6.45, 7) is 0.626. The standard InChI is InChI=1S/C16H17NO5S/c18-16(19)14-8-4-5-9-15(14)23(20,21)17-10-11-22-12-13-6-2-1-3-7-13/h1-9,17H,10-12H2,(H,18,19). The van der Waals surface area contributed by atoms with Crippen molar-refractivity contribution in [2.45, 2.75) is 11.5 Å². The number of nitrogens with one attached hydrogen (secondary N) is 1. The van der Waals surface area contributed by atoms with Gasteiger partial charge in [-0.25, -0.2) is 17.9 Å². The molecule has 0 radical (unpaired) electrons. The van der Waals surface area contributed by atoms with Gasteiger partial charge in [0.15, 0.2) is 0 Å². The molecule has 0 amide bonds. The molecule has 0 fully saturated rings. The first-order chi connectivity index (χ1) is 11.0. The van der Waals surface area contributed by atoms with Crippen molar-refractivity contribution in [3.05, 3.63) is 65.7 Å². The Bertz CT molecular complexity index is 759. The van der Waals surface area contributed by atoms with Gasteiger partial charge < -0.3 is 9.84 Å². The Balaban J connectivity index is 1.89. The maximum atomic E-state index is 12.2. The quantitative estimate of drug-likeness (QED) is 0.719. The monoisotopic (exact) mass is 335 g/mol. The molecule has 2 aromatic rings. The van der Waals surface area contributed by atoms with Crippen LogP contribution in [-0.4, -0.2) is 32.6 Å². The van der Waals surface area contributed by atoms with Gasteiger partial charge in [0.05, 0.1) is 23.7 Å². The first-order valence-electron chi connectivity index (χ1n) is 6.94. The van der Waals surface area contributed by atoms with Gasteiger partial charge in [-0.05, 0) is 17.7 Å². The third-order valence-corrected chi connectivity index (χ3v) is 4.58. The van der Waals surface area contributed by atoms with E-state index in [-0.39, 0.29) is 23.6 Å². The fourth-order valence-corrected chi connectivity index (χ4v) is 3.18. The number of carboxylic acid groups (broad SMARTS) is 1. The van der Waals surface area contributed by atoms with Crippen LogP contribution >= 0.6 is 0 Å². The molecule has 0 heterocycles.